The molecular weight excluding hydrogens is 200 g/mol. The van der Waals surface area contributed by atoms with Gasteiger partial charge in [0.2, 0.25) is 0 Å². The van der Waals surface area contributed by atoms with Crippen LogP contribution in [-0.2, 0) is 4.74 Å². The van der Waals surface area contributed by atoms with Crippen molar-refractivity contribution in [1.29, 1.82) is 0 Å². The van der Waals surface area contributed by atoms with Crippen LogP contribution in [0, 0.1) is 11.3 Å². The molecule has 0 spiro atoms. The second-order valence-corrected chi connectivity index (χ2v) is 5.10. The van der Waals surface area contributed by atoms with Crippen LogP contribution in [-0.4, -0.2) is 32.7 Å². The Morgan fingerprint density at radius 2 is 1.87 bits per heavy atom. The molecule has 0 radical (unpaired) electrons. The van der Waals surface area contributed by atoms with Crippen molar-refractivity contribution in [2.75, 3.05) is 26.3 Å². The Hall–Kier alpha value is -0.220. The van der Waals surface area contributed by atoms with Crippen LogP contribution in [0.1, 0.15) is 27.7 Å². The molecule has 0 atom stereocenters. The summed E-state index contributed by atoms with van der Waals surface area (Å²) >= 11 is 0. The molecule has 0 aliphatic heterocycles. The fourth-order valence-electron chi connectivity index (χ4n) is 1.17. The largest absolute Gasteiger partial charge is 0.375 e. The Morgan fingerprint density at radius 1 is 1.27 bits per heavy atom. The monoisotopic (exact) mass is 223 g/mol. The van der Waals surface area contributed by atoms with E-state index in [1.54, 1.807) is 0 Å². The van der Waals surface area contributed by atoms with Crippen molar-refractivity contribution in [2.45, 2.75) is 34.1 Å². The van der Waals surface area contributed by atoms with Crippen molar-refractivity contribution < 1.29 is 13.5 Å². The van der Waals surface area contributed by atoms with E-state index in [4.69, 9.17) is 4.74 Å². The molecular formula is C11H23F2NO. The van der Waals surface area contributed by atoms with Crippen LogP contribution in [0.4, 0.5) is 8.78 Å². The van der Waals surface area contributed by atoms with E-state index < -0.39 is 13.0 Å². The number of nitrogens with one attached hydrogen (secondary N) is 1. The molecule has 0 bridgehead atoms. The fraction of sp³-hybridized carbons (Fsp3) is 1.00. The maximum Gasteiger partial charge on any atom is 0.261 e. The topological polar surface area (TPSA) is 21.3 Å². The Morgan fingerprint density at radius 3 is 2.33 bits per heavy atom. The molecule has 0 fully saturated rings. The van der Waals surface area contributed by atoms with E-state index in [0.717, 1.165) is 13.1 Å². The van der Waals surface area contributed by atoms with Crippen LogP contribution >= 0.6 is 0 Å². The molecule has 0 aliphatic carbocycles. The molecule has 0 aromatic carbocycles. The van der Waals surface area contributed by atoms with E-state index >= 15 is 0 Å². The molecule has 0 unspecified atom stereocenters. The highest BCUT2D eigenvalue weighted by Gasteiger charge is 2.18. The van der Waals surface area contributed by atoms with Gasteiger partial charge in [0.15, 0.2) is 0 Å². The third-order valence-corrected chi connectivity index (χ3v) is 1.89. The summed E-state index contributed by atoms with van der Waals surface area (Å²) < 4.78 is 28.6. The van der Waals surface area contributed by atoms with Crippen LogP contribution in [0.15, 0.2) is 0 Å². The van der Waals surface area contributed by atoms with Gasteiger partial charge >= 0.3 is 0 Å². The van der Waals surface area contributed by atoms with E-state index in [1.165, 1.54) is 0 Å². The number of alkyl halides is 2. The van der Waals surface area contributed by atoms with Gasteiger partial charge in [-0.1, -0.05) is 27.7 Å². The summed E-state index contributed by atoms with van der Waals surface area (Å²) in [6, 6.07) is 0. The minimum Gasteiger partial charge on any atom is -0.375 e. The maximum atomic E-state index is 11.8. The number of halogens is 2. The molecule has 0 saturated heterocycles. The molecule has 1 N–H and O–H groups in total. The van der Waals surface area contributed by atoms with E-state index in [1.807, 2.05) is 13.8 Å². The van der Waals surface area contributed by atoms with Gasteiger partial charge in [-0.25, -0.2) is 8.78 Å². The summed E-state index contributed by atoms with van der Waals surface area (Å²) in [5.74, 6) is 0.600. The lowest BCUT2D eigenvalue weighted by molar-refractivity contribution is -0.0123. The third kappa shape index (κ3) is 10.1. The molecule has 0 saturated carbocycles. The maximum absolute atomic E-state index is 11.8. The average Bonchev–Trinajstić information content (AvgIpc) is 2.01. The summed E-state index contributed by atoms with van der Waals surface area (Å²) in [6.45, 7) is 9.90. The van der Waals surface area contributed by atoms with Crippen LogP contribution in [0.2, 0.25) is 0 Å². The Balaban J connectivity index is 3.57. The van der Waals surface area contributed by atoms with E-state index in [-0.39, 0.29) is 5.41 Å². The number of hydrogen-bond donors (Lipinski definition) is 1. The highest BCUT2D eigenvalue weighted by atomic mass is 19.3. The van der Waals surface area contributed by atoms with Crippen molar-refractivity contribution in [3.05, 3.63) is 0 Å². The molecule has 2 nitrogen and oxygen atoms in total. The van der Waals surface area contributed by atoms with Crippen LogP contribution in [0.3, 0.4) is 0 Å². The normalized spacial score (nSPS) is 12.8. The molecule has 0 amide bonds. The van der Waals surface area contributed by atoms with E-state index in [0.29, 0.717) is 12.5 Å². The van der Waals surface area contributed by atoms with E-state index in [2.05, 4.69) is 19.2 Å². The van der Waals surface area contributed by atoms with Crippen molar-refractivity contribution in [3.8, 4) is 0 Å². The summed E-state index contributed by atoms with van der Waals surface area (Å²) in [4.78, 5) is 0. The number of hydrogen-bond acceptors (Lipinski definition) is 2. The van der Waals surface area contributed by atoms with Gasteiger partial charge in [-0.15, -0.1) is 0 Å². The SMILES string of the molecule is CC(C)CNCC(C)(C)COCC(F)F. The van der Waals surface area contributed by atoms with Crippen LogP contribution in [0.25, 0.3) is 0 Å². The lowest BCUT2D eigenvalue weighted by Crippen LogP contribution is -2.35. The molecule has 0 rings (SSSR count). The van der Waals surface area contributed by atoms with Gasteiger partial charge in [0.25, 0.3) is 6.43 Å². The van der Waals surface area contributed by atoms with Crippen molar-refractivity contribution in [2.24, 2.45) is 11.3 Å². The number of rotatable bonds is 8. The summed E-state index contributed by atoms with van der Waals surface area (Å²) in [6.07, 6.45) is -2.37. The van der Waals surface area contributed by atoms with E-state index in [9.17, 15) is 8.78 Å². The first-order valence-electron chi connectivity index (χ1n) is 5.40. The van der Waals surface area contributed by atoms with Gasteiger partial charge in [-0.2, -0.15) is 0 Å². The average molecular weight is 223 g/mol. The molecule has 4 heteroatoms. The van der Waals surface area contributed by atoms with Crippen LogP contribution in [0.5, 0.6) is 0 Å². The lowest BCUT2D eigenvalue weighted by Gasteiger charge is -2.25. The zero-order valence-electron chi connectivity index (χ0n) is 10.1. The molecule has 92 valence electrons. The summed E-state index contributed by atoms with van der Waals surface area (Å²) in [7, 11) is 0. The first-order valence-corrected chi connectivity index (χ1v) is 5.40. The van der Waals surface area contributed by atoms with Crippen molar-refractivity contribution in [3.63, 3.8) is 0 Å². The Kier molecular flexibility index (Phi) is 7.02. The molecule has 0 aliphatic rings. The zero-order valence-corrected chi connectivity index (χ0v) is 10.1. The minimum absolute atomic E-state index is 0.0935. The van der Waals surface area contributed by atoms with Gasteiger partial charge in [0.1, 0.15) is 6.61 Å². The molecule has 15 heavy (non-hydrogen) atoms. The van der Waals surface area contributed by atoms with Gasteiger partial charge < -0.3 is 10.1 Å². The Bertz CT molecular complexity index is 145. The zero-order chi connectivity index (χ0) is 11.9. The van der Waals surface area contributed by atoms with Gasteiger partial charge in [-0.3, -0.25) is 0 Å². The quantitative estimate of drug-likeness (QED) is 0.682. The Labute approximate surface area is 91.4 Å². The molecule has 0 aromatic rings. The predicted octanol–water partition coefficient (Wildman–Crippen LogP) is 2.54. The fourth-order valence-corrected chi connectivity index (χ4v) is 1.17. The standard InChI is InChI=1S/C11H23F2NO/c1-9(2)5-14-7-11(3,4)8-15-6-10(12)13/h9-10,14H,5-8H2,1-4H3. The third-order valence-electron chi connectivity index (χ3n) is 1.89. The smallest absolute Gasteiger partial charge is 0.261 e. The first-order chi connectivity index (χ1) is 6.83. The van der Waals surface area contributed by atoms with Gasteiger partial charge in [0.05, 0.1) is 6.61 Å². The summed E-state index contributed by atoms with van der Waals surface area (Å²) in [5.41, 5.74) is -0.0935. The summed E-state index contributed by atoms with van der Waals surface area (Å²) in [5, 5.41) is 3.30. The first kappa shape index (κ1) is 14.8. The molecule has 0 aromatic heterocycles. The van der Waals surface area contributed by atoms with Gasteiger partial charge in [-0.05, 0) is 12.5 Å². The second kappa shape index (κ2) is 7.12. The predicted molar refractivity (Wildman–Crippen MR) is 58.3 cm³/mol. The minimum atomic E-state index is -2.37. The second-order valence-electron chi connectivity index (χ2n) is 5.10. The highest BCUT2D eigenvalue weighted by molar-refractivity contribution is 4.71. The van der Waals surface area contributed by atoms with Crippen molar-refractivity contribution >= 4 is 0 Å². The molecule has 0 heterocycles. The van der Waals surface area contributed by atoms with Crippen LogP contribution < -0.4 is 5.32 Å². The van der Waals surface area contributed by atoms with Crippen molar-refractivity contribution in [1.82, 2.24) is 5.32 Å². The van der Waals surface area contributed by atoms with Gasteiger partial charge in [0, 0.05) is 12.0 Å². The number of ether oxygens (including phenoxy) is 1. The highest BCUT2D eigenvalue weighted by Crippen LogP contribution is 2.14. The lowest BCUT2D eigenvalue weighted by atomic mass is 9.94.